The molecule has 0 fully saturated rings. The zero-order valence-corrected chi connectivity index (χ0v) is 17.6. The lowest BCUT2D eigenvalue weighted by molar-refractivity contribution is 1.28. The average molecular weight is 411 g/mol. The third-order valence-electron chi connectivity index (χ3n) is 5.99. The molecule has 0 saturated heterocycles. The summed E-state index contributed by atoms with van der Waals surface area (Å²) in [6.07, 6.45) is 0. The molecule has 0 atom stereocenters. The Labute approximate surface area is 187 Å². The van der Waals surface area contributed by atoms with E-state index in [2.05, 4.69) is 137 Å². The molecule has 0 aliphatic heterocycles. The third kappa shape index (κ3) is 3.14. The number of benzene rings is 5. The molecular formula is C30H22N2. The Morgan fingerprint density at radius 2 is 1.06 bits per heavy atom. The van der Waals surface area contributed by atoms with E-state index in [0.29, 0.717) is 0 Å². The van der Waals surface area contributed by atoms with Gasteiger partial charge in [0.2, 0.25) is 0 Å². The number of hydrogen-bond acceptors (Lipinski definition) is 1. The molecule has 6 rings (SSSR count). The van der Waals surface area contributed by atoms with Gasteiger partial charge in [0.15, 0.2) is 0 Å². The van der Waals surface area contributed by atoms with E-state index in [9.17, 15) is 0 Å². The number of aromatic nitrogens is 1. The van der Waals surface area contributed by atoms with Crippen molar-refractivity contribution in [2.24, 2.45) is 0 Å². The maximum absolute atomic E-state index is 3.54. The summed E-state index contributed by atoms with van der Waals surface area (Å²) in [5.41, 5.74) is 8.17. The van der Waals surface area contributed by atoms with Gasteiger partial charge in [-0.05, 0) is 54.1 Å². The largest absolute Gasteiger partial charge is 0.355 e. The number of H-pyrrole nitrogens is 1. The summed E-state index contributed by atoms with van der Waals surface area (Å²) in [6, 6.07) is 45.0. The first-order valence-corrected chi connectivity index (χ1v) is 10.9. The molecule has 0 amide bonds. The van der Waals surface area contributed by atoms with Crippen molar-refractivity contribution in [1.82, 2.24) is 4.98 Å². The lowest BCUT2D eigenvalue weighted by Gasteiger charge is -2.27. The molecule has 2 nitrogen and oxygen atoms in total. The predicted molar refractivity (Wildman–Crippen MR) is 136 cm³/mol. The number of para-hydroxylation sites is 4. The first-order chi connectivity index (χ1) is 15.9. The SMILES string of the molecule is c1ccc(N(c2ccccc2)c2ccccc2-c2ccc3[nH]c4ccccc4c3c2)cc1. The highest BCUT2D eigenvalue weighted by Crippen LogP contribution is 2.41. The van der Waals surface area contributed by atoms with Crippen LogP contribution >= 0.6 is 0 Å². The summed E-state index contributed by atoms with van der Waals surface area (Å²) >= 11 is 0. The Bertz CT molecular complexity index is 1480. The number of anilines is 3. The first kappa shape index (κ1) is 18.5. The molecule has 1 aromatic heterocycles. The summed E-state index contributed by atoms with van der Waals surface area (Å²) in [7, 11) is 0. The fraction of sp³-hybridized carbons (Fsp3) is 0. The quantitative estimate of drug-likeness (QED) is 0.309. The van der Waals surface area contributed by atoms with Gasteiger partial charge in [0.25, 0.3) is 0 Å². The molecule has 0 unspecified atom stereocenters. The fourth-order valence-electron chi connectivity index (χ4n) is 4.51. The van der Waals surface area contributed by atoms with Gasteiger partial charge >= 0.3 is 0 Å². The molecular weight excluding hydrogens is 388 g/mol. The number of nitrogens with one attached hydrogen (secondary N) is 1. The molecule has 0 bridgehead atoms. The monoisotopic (exact) mass is 410 g/mol. The van der Waals surface area contributed by atoms with Crippen LogP contribution in [0.25, 0.3) is 32.9 Å². The molecule has 1 heterocycles. The number of aromatic amines is 1. The Morgan fingerprint density at radius 3 is 1.81 bits per heavy atom. The van der Waals surface area contributed by atoms with Crippen molar-refractivity contribution in [3.63, 3.8) is 0 Å². The van der Waals surface area contributed by atoms with E-state index >= 15 is 0 Å². The van der Waals surface area contributed by atoms with E-state index in [0.717, 1.165) is 22.6 Å². The maximum atomic E-state index is 3.54. The van der Waals surface area contributed by atoms with Crippen LogP contribution in [0.4, 0.5) is 17.1 Å². The van der Waals surface area contributed by atoms with Crippen LogP contribution < -0.4 is 4.90 Å². The summed E-state index contributed by atoms with van der Waals surface area (Å²) < 4.78 is 0. The van der Waals surface area contributed by atoms with E-state index in [1.807, 2.05) is 0 Å². The summed E-state index contributed by atoms with van der Waals surface area (Å²) in [5, 5.41) is 2.50. The average Bonchev–Trinajstić information content (AvgIpc) is 3.24. The highest BCUT2D eigenvalue weighted by atomic mass is 15.1. The van der Waals surface area contributed by atoms with Crippen molar-refractivity contribution in [2.75, 3.05) is 4.90 Å². The van der Waals surface area contributed by atoms with Gasteiger partial charge < -0.3 is 9.88 Å². The topological polar surface area (TPSA) is 19.0 Å². The molecule has 0 spiro atoms. The van der Waals surface area contributed by atoms with Gasteiger partial charge in [0.1, 0.15) is 0 Å². The number of nitrogens with zero attached hydrogens (tertiary/aromatic N) is 1. The van der Waals surface area contributed by atoms with Gasteiger partial charge in [-0.1, -0.05) is 78.9 Å². The molecule has 6 aromatic rings. The van der Waals surface area contributed by atoms with Crippen LogP contribution in [0.15, 0.2) is 127 Å². The van der Waals surface area contributed by atoms with Crippen molar-refractivity contribution in [1.29, 1.82) is 0 Å². The van der Waals surface area contributed by atoms with Crippen molar-refractivity contribution < 1.29 is 0 Å². The fourth-order valence-corrected chi connectivity index (χ4v) is 4.51. The van der Waals surface area contributed by atoms with Crippen molar-refractivity contribution >= 4 is 38.9 Å². The van der Waals surface area contributed by atoms with Crippen LogP contribution in [0.1, 0.15) is 0 Å². The zero-order chi connectivity index (χ0) is 21.3. The molecule has 0 aliphatic carbocycles. The summed E-state index contributed by atoms with van der Waals surface area (Å²) in [5.74, 6) is 0. The summed E-state index contributed by atoms with van der Waals surface area (Å²) in [4.78, 5) is 5.86. The van der Waals surface area contributed by atoms with Crippen LogP contribution in [0, 0.1) is 0 Å². The normalized spacial score (nSPS) is 11.1. The molecule has 0 aliphatic rings. The third-order valence-corrected chi connectivity index (χ3v) is 5.99. The van der Waals surface area contributed by atoms with Gasteiger partial charge in [-0.25, -0.2) is 0 Å². The van der Waals surface area contributed by atoms with Crippen molar-refractivity contribution in [2.45, 2.75) is 0 Å². The molecule has 5 aromatic carbocycles. The Kier molecular flexibility index (Phi) is 4.47. The lowest BCUT2D eigenvalue weighted by atomic mass is 9.99. The second kappa shape index (κ2) is 7.75. The number of hydrogen-bond donors (Lipinski definition) is 1. The molecule has 152 valence electrons. The highest BCUT2D eigenvalue weighted by Gasteiger charge is 2.17. The predicted octanol–water partition coefficient (Wildman–Crippen LogP) is 8.46. The van der Waals surface area contributed by atoms with E-state index in [-0.39, 0.29) is 0 Å². The van der Waals surface area contributed by atoms with Crippen LogP contribution in [-0.4, -0.2) is 4.98 Å². The minimum atomic E-state index is 1.14. The minimum absolute atomic E-state index is 1.14. The van der Waals surface area contributed by atoms with Crippen molar-refractivity contribution in [3.8, 4) is 11.1 Å². The lowest BCUT2D eigenvalue weighted by Crippen LogP contribution is -2.10. The molecule has 2 heteroatoms. The second-order valence-corrected chi connectivity index (χ2v) is 7.95. The van der Waals surface area contributed by atoms with Crippen LogP contribution in [0.2, 0.25) is 0 Å². The smallest absolute Gasteiger partial charge is 0.0540 e. The van der Waals surface area contributed by atoms with Gasteiger partial charge in [0.05, 0.1) is 5.69 Å². The maximum Gasteiger partial charge on any atom is 0.0540 e. The highest BCUT2D eigenvalue weighted by molar-refractivity contribution is 6.09. The number of rotatable bonds is 4. The van der Waals surface area contributed by atoms with E-state index in [1.54, 1.807) is 0 Å². The Hall–Kier alpha value is -4.30. The molecule has 0 saturated carbocycles. The summed E-state index contributed by atoms with van der Waals surface area (Å²) in [6.45, 7) is 0. The minimum Gasteiger partial charge on any atom is -0.355 e. The molecule has 1 N–H and O–H groups in total. The molecule has 32 heavy (non-hydrogen) atoms. The van der Waals surface area contributed by atoms with Crippen LogP contribution in [0.3, 0.4) is 0 Å². The standard InChI is InChI=1S/C30H22N2/c1-3-11-23(12-4-1)32(24-13-5-2-6-14-24)30-18-10-8-15-25(30)22-19-20-29-27(21-22)26-16-7-9-17-28(26)31-29/h1-21,31H. The zero-order valence-electron chi connectivity index (χ0n) is 17.6. The Morgan fingerprint density at radius 1 is 0.469 bits per heavy atom. The Balaban J connectivity index is 1.57. The first-order valence-electron chi connectivity index (χ1n) is 10.9. The number of fused-ring (bicyclic) bond motifs is 3. The van der Waals surface area contributed by atoms with E-state index in [4.69, 9.17) is 0 Å². The van der Waals surface area contributed by atoms with E-state index < -0.39 is 0 Å². The second-order valence-electron chi connectivity index (χ2n) is 7.95. The van der Waals surface area contributed by atoms with Gasteiger partial charge in [-0.3, -0.25) is 0 Å². The van der Waals surface area contributed by atoms with Gasteiger partial charge in [-0.2, -0.15) is 0 Å². The van der Waals surface area contributed by atoms with E-state index in [1.165, 1.54) is 27.4 Å². The van der Waals surface area contributed by atoms with Crippen molar-refractivity contribution in [3.05, 3.63) is 127 Å². The van der Waals surface area contributed by atoms with Gasteiger partial charge in [-0.15, -0.1) is 0 Å². The van der Waals surface area contributed by atoms with Crippen LogP contribution in [-0.2, 0) is 0 Å². The molecule has 0 radical (unpaired) electrons. The van der Waals surface area contributed by atoms with Gasteiger partial charge in [0, 0.05) is 38.7 Å². The van der Waals surface area contributed by atoms with Crippen LogP contribution in [0.5, 0.6) is 0 Å².